The first kappa shape index (κ1) is 17.4. The molecule has 0 atom stereocenters. The SMILES string of the molecule is O=C(NC1CCC(C2(O)CC2)CC1)c1ccc(-c2nccc3occc23)cc1. The van der Waals surface area contributed by atoms with Crippen LogP contribution in [0.5, 0.6) is 0 Å². The van der Waals surface area contributed by atoms with E-state index in [0.717, 1.165) is 60.8 Å². The highest BCUT2D eigenvalue weighted by atomic mass is 16.3. The number of carbonyl (C=O) groups excluding carboxylic acids is 1. The van der Waals surface area contributed by atoms with E-state index in [-0.39, 0.29) is 11.9 Å². The Morgan fingerprint density at radius 1 is 1.07 bits per heavy atom. The molecule has 0 unspecified atom stereocenters. The molecule has 5 rings (SSSR count). The van der Waals surface area contributed by atoms with Gasteiger partial charge in [0.1, 0.15) is 5.58 Å². The van der Waals surface area contributed by atoms with Gasteiger partial charge < -0.3 is 14.8 Å². The molecule has 2 saturated carbocycles. The standard InChI is InChI=1S/C23H24N2O3/c26-22(25-18-7-5-17(6-8-18)23(27)11-12-23)16-3-1-15(2-4-16)21-19-10-14-28-20(19)9-13-24-21/h1-4,9-10,13-14,17-18,27H,5-8,11-12H2,(H,25,26). The quantitative estimate of drug-likeness (QED) is 0.711. The van der Waals surface area contributed by atoms with Crippen molar-refractivity contribution in [3.63, 3.8) is 0 Å². The second kappa shape index (κ2) is 6.74. The number of nitrogens with zero attached hydrogens (tertiary/aromatic N) is 1. The molecule has 1 aromatic carbocycles. The highest BCUT2D eigenvalue weighted by Gasteiger charge is 2.48. The van der Waals surface area contributed by atoms with Crippen molar-refractivity contribution in [1.82, 2.24) is 10.3 Å². The molecule has 1 amide bonds. The summed E-state index contributed by atoms with van der Waals surface area (Å²) in [5.74, 6) is 0.382. The first-order chi connectivity index (χ1) is 13.6. The highest BCUT2D eigenvalue weighted by molar-refractivity contribution is 5.96. The van der Waals surface area contributed by atoms with Gasteiger partial charge in [-0.25, -0.2) is 0 Å². The van der Waals surface area contributed by atoms with Gasteiger partial charge in [0.05, 0.1) is 17.6 Å². The van der Waals surface area contributed by atoms with E-state index in [0.29, 0.717) is 11.5 Å². The van der Waals surface area contributed by atoms with Crippen molar-refractivity contribution in [2.75, 3.05) is 0 Å². The fraction of sp³-hybridized carbons (Fsp3) is 0.391. The zero-order chi connectivity index (χ0) is 19.1. The minimum absolute atomic E-state index is 0.0328. The molecule has 28 heavy (non-hydrogen) atoms. The van der Waals surface area contributed by atoms with Crippen LogP contribution in [0.15, 0.2) is 53.3 Å². The zero-order valence-electron chi connectivity index (χ0n) is 15.7. The Hall–Kier alpha value is -2.66. The lowest BCUT2D eigenvalue weighted by Crippen LogP contribution is -2.39. The average molecular weight is 376 g/mol. The third-order valence-corrected chi connectivity index (χ3v) is 6.38. The van der Waals surface area contributed by atoms with Crippen LogP contribution in [0.3, 0.4) is 0 Å². The third kappa shape index (κ3) is 3.20. The van der Waals surface area contributed by atoms with Crippen LogP contribution in [0.2, 0.25) is 0 Å². The van der Waals surface area contributed by atoms with E-state index in [1.165, 1.54) is 0 Å². The van der Waals surface area contributed by atoms with E-state index in [4.69, 9.17) is 4.42 Å². The average Bonchev–Trinajstić information content (AvgIpc) is 3.29. The second-order valence-electron chi connectivity index (χ2n) is 8.19. The predicted octanol–water partition coefficient (Wildman–Crippen LogP) is 4.31. The maximum atomic E-state index is 12.6. The van der Waals surface area contributed by atoms with Crippen LogP contribution in [-0.2, 0) is 0 Å². The van der Waals surface area contributed by atoms with Crippen LogP contribution in [-0.4, -0.2) is 27.6 Å². The molecule has 2 N–H and O–H groups in total. The lowest BCUT2D eigenvalue weighted by atomic mass is 9.81. The lowest BCUT2D eigenvalue weighted by Gasteiger charge is -2.32. The number of benzene rings is 1. The van der Waals surface area contributed by atoms with Crippen LogP contribution in [0.25, 0.3) is 22.2 Å². The minimum Gasteiger partial charge on any atom is -0.464 e. The lowest BCUT2D eigenvalue weighted by molar-refractivity contribution is 0.0541. The van der Waals surface area contributed by atoms with Gasteiger partial charge in [0, 0.05) is 28.8 Å². The van der Waals surface area contributed by atoms with Gasteiger partial charge in [-0.15, -0.1) is 0 Å². The summed E-state index contributed by atoms with van der Waals surface area (Å²) in [6.45, 7) is 0. The molecule has 2 aromatic heterocycles. The number of hydrogen-bond acceptors (Lipinski definition) is 4. The van der Waals surface area contributed by atoms with Gasteiger partial charge in [-0.3, -0.25) is 9.78 Å². The number of nitrogens with one attached hydrogen (secondary N) is 1. The molecular formula is C23H24N2O3. The Labute approximate surface area is 163 Å². The van der Waals surface area contributed by atoms with Gasteiger partial charge in [-0.2, -0.15) is 0 Å². The monoisotopic (exact) mass is 376 g/mol. The van der Waals surface area contributed by atoms with Crippen LogP contribution in [0.4, 0.5) is 0 Å². The molecular weight excluding hydrogens is 352 g/mol. The summed E-state index contributed by atoms with van der Waals surface area (Å²) in [5.41, 5.74) is 2.89. The van der Waals surface area contributed by atoms with E-state index in [2.05, 4.69) is 10.3 Å². The van der Waals surface area contributed by atoms with E-state index < -0.39 is 5.60 Å². The number of amides is 1. The van der Waals surface area contributed by atoms with Crippen LogP contribution >= 0.6 is 0 Å². The summed E-state index contributed by atoms with van der Waals surface area (Å²) in [5, 5.41) is 14.4. The Balaban J connectivity index is 1.24. The minimum atomic E-state index is -0.392. The molecule has 2 fully saturated rings. The summed E-state index contributed by atoms with van der Waals surface area (Å²) in [6.07, 6.45) is 9.18. The molecule has 2 heterocycles. The summed E-state index contributed by atoms with van der Waals surface area (Å²) >= 11 is 0. The Kier molecular flexibility index (Phi) is 4.20. The number of rotatable bonds is 4. The number of aliphatic hydroxyl groups is 1. The number of hydrogen-bond donors (Lipinski definition) is 2. The molecule has 3 aromatic rings. The van der Waals surface area contributed by atoms with Crippen molar-refractivity contribution in [2.45, 2.75) is 50.2 Å². The van der Waals surface area contributed by atoms with Gasteiger partial charge in [0.2, 0.25) is 0 Å². The highest BCUT2D eigenvalue weighted by Crippen LogP contribution is 2.48. The number of fused-ring (bicyclic) bond motifs is 1. The molecule has 2 aliphatic carbocycles. The topological polar surface area (TPSA) is 75.4 Å². The van der Waals surface area contributed by atoms with Crippen LogP contribution in [0.1, 0.15) is 48.9 Å². The molecule has 0 spiro atoms. The zero-order valence-corrected chi connectivity index (χ0v) is 15.7. The van der Waals surface area contributed by atoms with Crippen molar-refractivity contribution in [1.29, 1.82) is 0 Å². The third-order valence-electron chi connectivity index (χ3n) is 6.38. The first-order valence-corrected chi connectivity index (χ1v) is 10.1. The van der Waals surface area contributed by atoms with Crippen molar-refractivity contribution < 1.29 is 14.3 Å². The van der Waals surface area contributed by atoms with E-state index in [1.807, 2.05) is 36.4 Å². The van der Waals surface area contributed by atoms with Crippen molar-refractivity contribution in [3.8, 4) is 11.3 Å². The fourth-order valence-corrected chi connectivity index (χ4v) is 4.48. The van der Waals surface area contributed by atoms with Crippen molar-refractivity contribution in [3.05, 3.63) is 54.4 Å². The maximum Gasteiger partial charge on any atom is 0.251 e. The molecule has 5 heteroatoms. The molecule has 5 nitrogen and oxygen atoms in total. The van der Waals surface area contributed by atoms with Gasteiger partial charge in [-0.05, 0) is 68.7 Å². The number of aromatic nitrogens is 1. The smallest absolute Gasteiger partial charge is 0.251 e. The van der Waals surface area contributed by atoms with E-state index in [9.17, 15) is 9.90 Å². The summed E-state index contributed by atoms with van der Waals surface area (Å²) in [6, 6.07) is 11.5. The van der Waals surface area contributed by atoms with Crippen molar-refractivity contribution >= 4 is 16.9 Å². The Morgan fingerprint density at radius 3 is 2.54 bits per heavy atom. The maximum absolute atomic E-state index is 12.6. The molecule has 144 valence electrons. The van der Waals surface area contributed by atoms with Crippen LogP contribution < -0.4 is 5.32 Å². The molecule has 2 aliphatic rings. The normalized spacial score (nSPS) is 23.5. The number of carbonyl (C=O) groups is 1. The van der Waals surface area contributed by atoms with Gasteiger partial charge in [0.25, 0.3) is 5.91 Å². The second-order valence-corrected chi connectivity index (χ2v) is 8.19. The molecule has 0 aliphatic heterocycles. The number of pyridine rings is 1. The van der Waals surface area contributed by atoms with Gasteiger partial charge in [0.15, 0.2) is 0 Å². The summed E-state index contributed by atoms with van der Waals surface area (Å²) < 4.78 is 5.44. The molecule has 0 saturated heterocycles. The Morgan fingerprint density at radius 2 is 1.82 bits per heavy atom. The fourth-order valence-electron chi connectivity index (χ4n) is 4.48. The van der Waals surface area contributed by atoms with Crippen molar-refractivity contribution in [2.24, 2.45) is 5.92 Å². The van der Waals surface area contributed by atoms with Crippen LogP contribution in [0, 0.1) is 5.92 Å². The molecule has 0 bridgehead atoms. The Bertz CT molecular complexity index is 996. The largest absolute Gasteiger partial charge is 0.464 e. The first-order valence-electron chi connectivity index (χ1n) is 10.1. The summed E-state index contributed by atoms with van der Waals surface area (Å²) in [7, 11) is 0. The molecule has 0 radical (unpaired) electrons. The summed E-state index contributed by atoms with van der Waals surface area (Å²) in [4.78, 5) is 17.1. The van der Waals surface area contributed by atoms with E-state index in [1.54, 1.807) is 12.5 Å². The predicted molar refractivity (Wildman–Crippen MR) is 107 cm³/mol. The number of furan rings is 1. The van der Waals surface area contributed by atoms with E-state index >= 15 is 0 Å². The van der Waals surface area contributed by atoms with Gasteiger partial charge >= 0.3 is 0 Å². The van der Waals surface area contributed by atoms with Gasteiger partial charge in [-0.1, -0.05) is 12.1 Å².